The molecular weight excluding hydrogens is 370 g/mol. The fourth-order valence-corrected chi connectivity index (χ4v) is 3.14. The van der Waals surface area contributed by atoms with Crippen LogP contribution in [-0.4, -0.2) is 24.8 Å². The lowest BCUT2D eigenvalue weighted by atomic mass is 10.1. The molecule has 0 unspecified atom stereocenters. The fourth-order valence-electron chi connectivity index (χ4n) is 3.14. The molecule has 2 aromatic carbocycles. The van der Waals surface area contributed by atoms with Crippen LogP contribution in [0.1, 0.15) is 13.8 Å². The molecule has 1 heterocycles. The molecule has 0 fully saturated rings. The summed E-state index contributed by atoms with van der Waals surface area (Å²) in [5.41, 5.74) is 1.02. The van der Waals surface area contributed by atoms with Gasteiger partial charge < -0.3 is 24.7 Å². The number of benzene rings is 2. The van der Waals surface area contributed by atoms with Crippen LogP contribution in [0, 0.1) is 5.92 Å². The van der Waals surface area contributed by atoms with Gasteiger partial charge in [-0.1, -0.05) is 32.0 Å². The number of methoxy groups -OCH3 is 2. The number of anilines is 2. The van der Waals surface area contributed by atoms with Crippen LogP contribution in [0.5, 0.6) is 11.5 Å². The van der Waals surface area contributed by atoms with Gasteiger partial charge in [-0.05, 0) is 12.0 Å². The normalized spacial score (nSPS) is 10.8. The van der Waals surface area contributed by atoms with Crippen LogP contribution >= 0.6 is 0 Å². The molecule has 0 saturated carbocycles. The highest BCUT2D eigenvalue weighted by Gasteiger charge is 2.13. The number of aromatic nitrogens is 1. The maximum absolute atomic E-state index is 12.7. The molecule has 0 aliphatic heterocycles. The van der Waals surface area contributed by atoms with E-state index in [0.29, 0.717) is 46.1 Å². The molecule has 152 valence electrons. The van der Waals surface area contributed by atoms with Crippen molar-refractivity contribution in [1.82, 2.24) is 4.57 Å². The summed E-state index contributed by atoms with van der Waals surface area (Å²) in [6, 6.07) is 11.9. The Kier molecular flexibility index (Phi) is 6.07. The van der Waals surface area contributed by atoms with Gasteiger partial charge in [0.25, 0.3) is 5.56 Å². The van der Waals surface area contributed by atoms with Crippen LogP contribution in [-0.2, 0) is 6.54 Å². The van der Waals surface area contributed by atoms with Gasteiger partial charge in [-0.2, -0.15) is 0 Å². The van der Waals surface area contributed by atoms with Gasteiger partial charge in [-0.25, -0.2) is 4.79 Å². The van der Waals surface area contributed by atoms with Gasteiger partial charge in [0.05, 0.1) is 19.9 Å². The smallest absolute Gasteiger partial charge is 0.323 e. The summed E-state index contributed by atoms with van der Waals surface area (Å²) in [6.45, 7) is 4.64. The molecule has 0 saturated heterocycles. The molecule has 7 nitrogen and oxygen atoms in total. The number of ether oxygens (including phenoxy) is 2. The van der Waals surface area contributed by atoms with Crippen molar-refractivity contribution in [2.24, 2.45) is 5.92 Å². The zero-order valence-electron chi connectivity index (χ0n) is 17.0. The average molecular weight is 395 g/mol. The lowest BCUT2D eigenvalue weighted by molar-refractivity contribution is 0.262. The predicted octanol–water partition coefficient (Wildman–Crippen LogP) is 4.32. The van der Waals surface area contributed by atoms with Crippen LogP contribution in [0.15, 0.2) is 53.5 Å². The van der Waals surface area contributed by atoms with Crippen molar-refractivity contribution in [3.8, 4) is 11.5 Å². The van der Waals surface area contributed by atoms with Gasteiger partial charge in [0.1, 0.15) is 11.5 Å². The van der Waals surface area contributed by atoms with Gasteiger partial charge >= 0.3 is 6.03 Å². The molecule has 2 N–H and O–H groups in total. The standard InChI is InChI=1S/C22H25N3O4/c1-14(2)12-25-13-20(18-7-5-6-8-19(18)21(25)26)24-22(27)23-15-9-16(28-3)11-17(10-15)29-4/h5-11,13-14H,12H2,1-4H3,(H2,23,24,27). The summed E-state index contributed by atoms with van der Waals surface area (Å²) >= 11 is 0. The van der Waals surface area contributed by atoms with Crippen molar-refractivity contribution in [2.45, 2.75) is 20.4 Å². The number of rotatable bonds is 6. The zero-order chi connectivity index (χ0) is 21.0. The van der Waals surface area contributed by atoms with Gasteiger partial charge in [0, 0.05) is 47.4 Å². The Morgan fingerprint density at radius 2 is 1.62 bits per heavy atom. The van der Waals surface area contributed by atoms with Crippen LogP contribution in [0.2, 0.25) is 0 Å². The SMILES string of the molecule is COc1cc(NC(=O)Nc2cn(CC(C)C)c(=O)c3ccccc23)cc(OC)c1. The molecule has 1 aromatic heterocycles. The second-order valence-corrected chi connectivity index (χ2v) is 7.12. The first-order valence-corrected chi connectivity index (χ1v) is 9.34. The van der Waals surface area contributed by atoms with E-state index in [-0.39, 0.29) is 5.56 Å². The van der Waals surface area contributed by atoms with E-state index in [1.54, 1.807) is 49.2 Å². The predicted molar refractivity (Wildman–Crippen MR) is 115 cm³/mol. The van der Waals surface area contributed by atoms with Gasteiger partial charge in [0.15, 0.2) is 0 Å². The van der Waals surface area contributed by atoms with E-state index in [1.807, 2.05) is 32.0 Å². The van der Waals surface area contributed by atoms with Crippen molar-refractivity contribution in [1.29, 1.82) is 0 Å². The lowest BCUT2D eigenvalue weighted by Crippen LogP contribution is -2.25. The molecular formula is C22H25N3O4. The van der Waals surface area contributed by atoms with E-state index in [1.165, 1.54) is 0 Å². The van der Waals surface area contributed by atoms with Crippen LogP contribution in [0.3, 0.4) is 0 Å². The number of carbonyl (C=O) groups is 1. The minimum Gasteiger partial charge on any atom is -0.497 e. The molecule has 3 aromatic rings. The number of fused-ring (bicyclic) bond motifs is 1. The van der Waals surface area contributed by atoms with Crippen molar-refractivity contribution in [2.75, 3.05) is 24.9 Å². The molecule has 0 spiro atoms. The number of hydrogen-bond acceptors (Lipinski definition) is 4. The Labute approximate surface area is 169 Å². The maximum atomic E-state index is 12.7. The first-order chi connectivity index (χ1) is 13.9. The van der Waals surface area contributed by atoms with E-state index in [4.69, 9.17) is 9.47 Å². The van der Waals surface area contributed by atoms with E-state index in [2.05, 4.69) is 10.6 Å². The first-order valence-electron chi connectivity index (χ1n) is 9.34. The number of pyridine rings is 1. The Morgan fingerprint density at radius 1 is 1.00 bits per heavy atom. The van der Waals surface area contributed by atoms with Gasteiger partial charge in [-0.3, -0.25) is 4.79 Å². The van der Waals surface area contributed by atoms with Crippen LogP contribution in [0.4, 0.5) is 16.2 Å². The number of amides is 2. The third kappa shape index (κ3) is 4.68. The van der Waals surface area contributed by atoms with E-state index < -0.39 is 6.03 Å². The molecule has 0 atom stereocenters. The van der Waals surface area contributed by atoms with E-state index >= 15 is 0 Å². The largest absolute Gasteiger partial charge is 0.497 e. The molecule has 0 radical (unpaired) electrons. The number of urea groups is 1. The molecule has 7 heteroatoms. The Morgan fingerprint density at radius 3 is 2.21 bits per heavy atom. The summed E-state index contributed by atoms with van der Waals surface area (Å²) in [6.07, 6.45) is 1.69. The monoisotopic (exact) mass is 395 g/mol. The van der Waals surface area contributed by atoms with Gasteiger partial charge in [0.2, 0.25) is 0 Å². The second kappa shape index (κ2) is 8.68. The minimum atomic E-state index is -0.430. The summed E-state index contributed by atoms with van der Waals surface area (Å²) in [5.74, 6) is 1.42. The Hall–Kier alpha value is -3.48. The highest BCUT2D eigenvalue weighted by Crippen LogP contribution is 2.26. The highest BCUT2D eigenvalue weighted by atomic mass is 16.5. The second-order valence-electron chi connectivity index (χ2n) is 7.12. The first kappa shape index (κ1) is 20.3. The van der Waals surface area contributed by atoms with E-state index in [0.717, 1.165) is 0 Å². The number of carbonyl (C=O) groups excluding carboxylic acids is 1. The topological polar surface area (TPSA) is 81.6 Å². The average Bonchev–Trinajstić information content (AvgIpc) is 2.70. The molecule has 0 aliphatic carbocycles. The third-order valence-electron chi connectivity index (χ3n) is 4.41. The molecule has 3 rings (SSSR count). The molecule has 0 bridgehead atoms. The van der Waals surface area contributed by atoms with E-state index in [9.17, 15) is 9.59 Å². The maximum Gasteiger partial charge on any atom is 0.323 e. The van der Waals surface area contributed by atoms with Crippen LogP contribution in [0.25, 0.3) is 10.8 Å². The number of hydrogen-bond donors (Lipinski definition) is 2. The Balaban J connectivity index is 1.92. The minimum absolute atomic E-state index is 0.0715. The van der Waals surface area contributed by atoms with Gasteiger partial charge in [-0.15, -0.1) is 0 Å². The van der Waals surface area contributed by atoms with Crippen molar-refractivity contribution in [3.05, 3.63) is 59.0 Å². The van der Waals surface area contributed by atoms with Crippen LogP contribution < -0.4 is 25.7 Å². The zero-order valence-corrected chi connectivity index (χ0v) is 17.0. The summed E-state index contributed by atoms with van der Waals surface area (Å²) < 4.78 is 12.1. The number of nitrogens with one attached hydrogen (secondary N) is 2. The quantitative estimate of drug-likeness (QED) is 0.651. The fraction of sp³-hybridized carbons (Fsp3) is 0.273. The van der Waals surface area contributed by atoms with Crippen molar-refractivity contribution >= 4 is 28.2 Å². The third-order valence-corrected chi connectivity index (χ3v) is 4.41. The van der Waals surface area contributed by atoms with Crippen molar-refractivity contribution in [3.63, 3.8) is 0 Å². The van der Waals surface area contributed by atoms with Crippen molar-refractivity contribution < 1.29 is 14.3 Å². The summed E-state index contributed by atoms with van der Waals surface area (Å²) in [5, 5.41) is 6.89. The lowest BCUT2D eigenvalue weighted by Gasteiger charge is -2.15. The highest BCUT2D eigenvalue weighted by molar-refractivity contribution is 6.05. The molecule has 0 aliphatic rings. The molecule has 29 heavy (non-hydrogen) atoms. The summed E-state index contributed by atoms with van der Waals surface area (Å²) in [4.78, 5) is 25.4. The number of nitrogens with zero attached hydrogens (tertiary/aromatic N) is 1. The Bertz CT molecular complexity index is 1070. The molecule has 2 amide bonds. The summed E-state index contributed by atoms with van der Waals surface area (Å²) in [7, 11) is 3.09.